The number of amides is 2. The Kier molecular flexibility index (Phi) is 7.76. The van der Waals surface area contributed by atoms with Gasteiger partial charge < -0.3 is 24.8 Å². The minimum absolute atomic E-state index is 0.173. The van der Waals surface area contributed by atoms with Gasteiger partial charge in [-0.2, -0.15) is 0 Å². The van der Waals surface area contributed by atoms with Crippen LogP contribution in [0.3, 0.4) is 0 Å². The van der Waals surface area contributed by atoms with Gasteiger partial charge in [0.15, 0.2) is 11.5 Å². The van der Waals surface area contributed by atoms with E-state index < -0.39 is 0 Å². The highest BCUT2D eigenvalue weighted by Gasteiger charge is 2.11. The Bertz CT molecular complexity index is 691. The van der Waals surface area contributed by atoms with Crippen LogP contribution < -0.4 is 20.1 Å². The van der Waals surface area contributed by atoms with E-state index in [1.165, 1.54) is 0 Å². The van der Waals surface area contributed by atoms with Crippen LogP contribution in [0.15, 0.2) is 48.5 Å². The Labute approximate surface area is 154 Å². The lowest BCUT2D eigenvalue weighted by molar-refractivity contribution is 0.104. The fourth-order valence-corrected chi connectivity index (χ4v) is 2.61. The van der Waals surface area contributed by atoms with Crippen molar-refractivity contribution in [2.75, 3.05) is 34.4 Å². The Morgan fingerprint density at radius 2 is 1.69 bits per heavy atom. The zero-order valence-corrected chi connectivity index (χ0v) is 15.5. The normalized spacial score (nSPS) is 11.5. The number of carbonyl (C=O) groups is 1. The van der Waals surface area contributed by atoms with Crippen LogP contribution in [0.5, 0.6) is 11.5 Å². The summed E-state index contributed by atoms with van der Waals surface area (Å²) in [5.41, 5.74) is 2.09. The lowest BCUT2D eigenvalue weighted by Crippen LogP contribution is -2.39. The zero-order valence-electron chi connectivity index (χ0n) is 15.5. The predicted octanol–water partition coefficient (Wildman–Crippen LogP) is 2.93. The fourth-order valence-electron chi connectivity index (χ4n) is 2.61. The van der Waals surface area contributed by atoms with Crippen LogP contribution in [0.25, 0.3) is 0 Å². The number of hydrogen-bond acceptors (Lipinski definition) is 4. The van der Waals surface area contributed by atoms with E-state index in [2.05, 4.69) is 10.6 Å². The molecule has 0 saturated heterocycles. The van der Waals surface area contributed by atoms with Crippen molar-refractivity contribution in [1.29, 1.82) is 0 Å². The van der Waals surface area contributed by atoms with E-state index in [0.29, 0.717) is 31.0 Å². The molecule has 0 spiro atoms. The van der Waals surface area contributed by atoms with E-state index in [4.69, 9.17) is 14.2 Å². The standard InChI is InChI=1S/C20H26N2O4/c1-24-17-10-9-15(13-18(17)25-2)11-12-21-20(23)22-14-19(26-3)16-7-5-4-6-8-16/h4-10,13,19H,11-12,14H2,1-3H3,(H2,21,22,23). The van der Waals surface area contributed by atoms with E-state index >= 15 is 0 Å². The number of benzene rings is 2. The summed E-state index contributed by atoms with van der Waals surface area (Å²) < 4.78 is 15.9. The Hall–Kier alpha value is -2.73. The lowest BCUT2D eigenvalue weighted by atomic mass is 10.1. The van der Waals surface area contributed by atoms with E-state index in [0.717, 1.165) is 11.1 Å². The van der Waals surface area contributed by atoms with Gasteiger partial charge >= 0.3 is 6.03 Å². The van der Waals surface area contributed by atoms with Gasteiger partial charge in [-0.15, -0.1) is 0 Å². The molecule has 1 unspecified atom stereocenters. The second kappa shape index (κ2) is 10.3. The van der Waals surface area contributed by atoms with Crippen LogP contribution in [0.4, 0.5) is 4.79 Å². The molecule has 2 aromatic carbocycles. The quantitative estimate of drug-likeness (QED) is 0.723. The summed E-state index contributed by atoms with van der Waals surface area (Å²) in [7, 11) is 4.84. The van der Waals surface area contributed by atoms with Crippen molar-refractivity contribution in [2.45, 2.75) is 12.5 Å². The van der Waals surface area contributed by atoms with Crippen LogP contribution >= 0.6 is 0 Å². The first kappa shape index (κ1) is 19.6. The van der Waals surface area contributed by atoms with Gasteiger partial charge in [-0.1, -0.05) is 36.4 Å². The van der Waals surface area contributed by atoms with Crippen LogP contribution in [-0.2, 0) is 11.2 Å². The molecule has 2 aromatic rings. The molecule has 0 aliphatic rings. The lowest BCUT2D eigenvalue weighted by Gasteiger charge is -2.17. The first-order valence-electron chi connectivity index (χ1n) is 8.48. The number of ether oxygens (including phenoxy) is 3. The average molecular weight is 358 g/mol. The third-order valence-corrected chi connectivity index (χ3v) is 4.05. The number of carbonyl (C=O) groups excluding carboxylic acids is 1. The molecule has 0 fully saturated rings. The van der Waals surface area contributed by atoms with Crippen LogP contribution in [-0.4, -0.2) is 40.5 Å². The summed E-state index contributed by atoms with van der Waals surface area (Å²) in [6, 6.07) is 15.3. The van der Waals surface area contributed by atoms with Crippen LogP contribution in [0.1, 0.15) is 17.2 Å². The molecule has 0 bridgehead atoms. The van der Waals surface area contributed by atoms with Gasteiger partial charge in [0, 0.05) is 20.2 Å². The summed E-state index contributed by atoms with van der Waals surface area (Å²) >= 11 is 0. The minimum atomic E-state index is -0.219. The highest BCUT2D eigenvalue weighted by Crippen LogP contribution is 2.27. The largest absolute Gasteiger partial charge is 0.493 e. The monoisotopic (exact) mass is 358 g/mol. The number of rotatable bonds is 9. The number of methoxy groups -OCH3 is 3. The van der Waals surface area contributed by atoms with Gasteiger partial charge in [-0.3, -0.25) is 0 Å². The maximum atomic E-state index is 12.0. The molecule has 140 valence electrons. The molecule has 2 N–H and O–H groups in total. The average Bonchev–Trinajstić information content (AvgIpc) is 2.69. The third kappa shape index (κ3) is 5.67. The molecule has 0 aromatic heterocycles. The molecule has 0 saturated carbocycles. The molecule has 0 radical (unpaired) electrons. The highest BCUT2D eigenvalue weighted by molar-refractivity contribution is 5.73. The molecule has 0 aliphatic heterocycles. The summed E-state index contributed by atoms with van der Waals surface area (Å²) in [5, 5.41) is 5.69. The van der Waals surface area contributed by atoms with E-state index in [1.807, 2.05) is 48.5 Å². The minimum Gasteiger partial charge on any atom is -0.493 e. The molecular formula is C20H26N2O4. The van der Waals surface area contributed by atoms with Crippen molar-refractivity contribution >= 4 is 6.03 Å². The summed E-state index contributed by atoms with van der Waals surface area (Å²) in [6.07, 6.45) is 0.521. The molecular weight excluding hydrogens is 332 g/mol. The number of hydrogen-bond donors (Lipinski definition) is 2. The van der Waals surface area contributed by atoms with Gasteiger partial charge in [-0.25, -0.2) is 4.79 Å². The van der Waals surface area contributed by atoms with Gasteiger partial charge in [0.25, 0.3) is 0 Å². The van der Waals surface area contributed by atoms with Gasteiger partial charge in [0.1, 0.15) is 0 Å². The molecule has 2 amide bonds. The molecule has 0 heterocycles. The Morgan fingerprint density at radius 3 is 2.35 bits per heavy atom. The highest BCUT2D eigenvalue weighted by atomic mass is 16.5. The first-order valence-corrected chi connectivity index (χ1v) is 8.48. The SMILES string of the molecule is COc1ccc(CCNC(=O)NCC(OC)c2ccccc2)cc1OC. The molecule has 2 rings (SSSR count). The van der Waals surface area contributed by atoms with Crippen molar-refractivity contribution in [3.63, 3.8) is 0 Å². The van der Waals surface area contributed by atoms with Crippen molar-refractivity contribution in [3.8, 4) is 11.5 Å². The maximum Gasteiger partial charge on any atom is 0.314 e. The molecule has 26 heavy (non-hydrogen) atoms. The number of nitrogens with one attached hydrogen (secondary N) is 2. The van der Waals surface area contributed by atoms with Gasteiger partial charge in [-0.05, 0) is 29.7 Å². The van der Waals surface area contributed by atoms with E-state index in [-0.39, 0.29) is 12.1 Å². The van der Waals surface area contributed by atoms with Crippen LogP contribution in [0.2, 0.25) is 0 Å². The van der Waals surface area contributed by atoms with Crippen molar-refractivity contribution < 1.29 is 19.0 Å². The smallest absolute Gasteiger partial charge is 0.314 e. The maximum absolute atomic E-state index is 12.0. The second-order valence-corrected chi connectivity index (χ2v) is 5.71. The zero-order chi connectivity index (χ0) is 18.8. The van der Waals surface area contributed by atoms with E-state index in [1.54, 1.807) is 21.3 Å². The summed E-state index contributed by atoms with van der Waals surface area (Å²) in [4.78, 5) is 12.0. The molecule has 1 atom stereocenters. The third-order valence-electron chi connectivity index (χ3n) is 4.05. The number of urea groups is 1. The molecule has 0 aliphatic carbocycles. The van der Waals surface area contributed by atoms with Crippen molar-refractivity contribution in [2.24, 2.45) is 0 Å². The Morgan fingerprint density at radius 1 is 0.962 bits per heavy atom. The summed E-state index contributed by atoms with van der Waals surface area (Å²) in [5.74, 6) is 1.37. The van der Waals surface area contributed by atoms with Crippen molar-refractivity contribution in [1.82, 2.24) is 10.6 Å². The predicted molar refractivity (Wildman–Crippen MR) is 101 cm³/mol. The first-order chi connectivity index (χ1) is 12.7. The fraction of sp³-hybridized carbons (Fsp3) is 0.350. The Balaban J connectivity index is 1.76. The second-order valence-electron chi connectivity index (χ2n) is 5.71. The van der Waals surface area contributed by atoms with Gasteiger partial charge in [0.05, 0.1) is 20.3 Å². The van der Waals surface area contributed by atoms with Crippen molar-refractivity contribution in [3.05, 3.63) is 59.7 Å². The van der Waals surface area contributed by atoms with Crippen LogP contribution in [0, 0.1) is 0 Å². The summed E-state index contributed by atoms with van der Waals surface area (Å²) in [6.45, 7) is 0.924. The molecule has 6 heteroatoms. The topological polar surface area (TPSA) is 68.8 Å². The van der Waals surface area contributed by atoms with E-state index in [9.17, 15) is 4.79 Å². The molecule has 6 nitrogen and oxygen atoms in total. The van der Waals surface area contributed by atoms with Gasteiger partial charge in [0.2, 0.25) is 0 Å².